The molecule has 0 spiro atoms. The van der Waals surface area contributed by atoms with Crippen LogP contribution in [0, 0.1) is 17.3 Å². The molecule has 2 aliphatic carbocycles. The minimum absolute atomic E-state index is 0.0266. The zero-order valence-corrected chi connectivity index (χ0v) is 12.3. The van der Waals surface area contributed by atoms with Crippen LogP contribution in [0.5, 0.6) is 0 Å². The van der Waals surface area contributed by atoms with E-state index in [-0.39, 0.29) is 5.41 Å². The van der Waals surface area contributed by atoms with Gasteiger partial charge in [-0.25, -0.2) is 0 Å². The van der Waals surface area contributed by atoms with E-state index in [0.717, 1.165) is 25.7 Å². The zero-order valence-electron chi connectivity index (χ0n) is 12.3. The Labute approximate surface area is 112 Å². The molecule has 2 fully saturated rings. The summed E-state index contributed by atoms with van der Waals surface area (Å²) in [6.07, 6.45) is 10.8. The van der Waals surface area contributed by atoms with Gasteiger partial charge in [-0.15, -0.1) is 0 Å². The summed E-state index contributed by atoms with van der Waals surface area (Å²) in [6.45, 7) is 5.23. The fourth-order valence-corrected chi connectivity index (χ4v) is 4.15. The van der Waals surface area contributed by atoms with Crippen molar-refractivity contribution in [3.63, 3.8) is 0 Å². The minimum Gasteiger partial charge on any atom is -0.389 e. The van der Waals surface area contributed by atoms with Gasteiger partial charge >= 0.3 is 0 Å². The van der Waals surface area contributed by atoms with Crippen LogP contribution in [0.3, 0.4) is 0 Å². The Kier molecular flexibility index (Phi) is 4.38. The van der Waals surface area contributed by atoms with Gasteiger partial charge in [0, 0.05) is 12.0 Å². The maximum absolute atomic E-state index is 11.0. The van der Waals surface area contributed by atoms with Crippen molar-refractivity contribution in [3.8, 4) is 0 Å². The van der Waals surface area contributed by atoms with Crippen LogP contribution in [0.2, 0.25) is 0 Å². The van der Waals surface area contributed by atoms with Gasteiger partial charge in [0.25, 0.3) is 0 Å². The normalized spacial score (nSPS) is 36.8. The van der Waals surface area contributed by atoms with E-state index in [1.54, 1.807) is 0 Å². The molecule has 2 aliphatic rings. The molecule has 2 saturated carbocycles. The van der Waals surface area contributed by atoms with Crippen LogP contribution in [0.4, 0.5) is 0 Å². The minimum atomic E-state index is -0.450. The van der Waals surface area contributed by atoms with Crippen molar-refractivity contribution < 1.29 is 5.11 Å². The zero-order chi connectivity index (χ0) is 13.2. The monoisotopic (exact) mass is 253 g/mol. The summed E-state index contributed by atoms with van der Waals surface area (Å²) in [5.74, 6) is 1.41. The molecule has 0 radical (unpaired) electrons. The van der Waals surface area contributed by atoms with Gasteiger partial charge < -0.3 is 10.8 Å². The van der Waals surface area contributed by atoms with Crippen LogP contribution in [0.15, 0.2) is 0 Å². The molecule has 0 saturated heterocycles. The highest BCUT2D eigenvalue weighted by Crippen LogP contribution is 2.56. The molecule has 18 heavy (non-hydrogen) atoms. The van der Waals surface area contributed by atoms with E-state index in [4.69, 9.17) is 5.73 Å². The number of nitrogens with two attached hydrogens (primary N) is 1. The van der Waals surface area contributed by atoms with E-state index in [1.807, 2.05) is 0 Å². The second-order valence-electron chi connectivity index (χ2n) is 7.20. The number of rotatable bonds is 3. The molecule has 0 aliphatic heterocycles. The van der Waals surface area contributed by atoms with E-state index in [9.17, 15) is 5.11 Å². The smallest absolute Gasteiger partial charge is 0.0721 e. The van der Waals surface area contributed by atoms with Crippen molar-refractivity contribution in [3.05, 3.63) is 0 Å². The first-order valence-electron chi connectivity index (χ1n) is 7.95. The molecule has 2 nitrogen and oxygen atoms in total. The van der Waals surface area contributed by atoms with E-state index < -0.39 is 5.60 Å². The molecule has 3 N–H and O–H groups in total. The van der Waals surface area contributed by atoms with Gasteiger partial charge in [-0.3, -0.25) is 0 Å². The maximum Gasteiger partial charge on any atom is 0.0721 e. The van der Waals surface area contributed by atoms with Gasteiger partial charge in [0.2, 0.25) is 0 Å². The van der Waals surface area contributed by atoms with Crippen molar-refractivity contribution in [2.24, 2.45) is 23.0 Å². The van der Waals surface area contributed by atoms with Crippen LogP contribution in [0.25, 0.3) is 0 Å². The number of hydrogen-bond acceptors (Lipinski definition) is 2. The summed E-state index contributed by atoms with van der Waals surface area (Å²) >= 11 is 0. The summed E-state index contributed by atoms with van der Waals surface area (Å²) < 4.78 is 0. The highest BCUT2D eigenvalue weighted by Gasteiger charge is 2.56. The van der Waals surface area contributed by atoms with E-state index >= 15 is 0 Å². The van der Waals surface area contributed by atoms with Crippen LogP contribution in [0.1, 0.15) is 71.6 Å². The quantitative estimate of drug-likeness (QED) is 0.809. The molecule has 0 bridgehead atoms. The Morgan fingerprint density at radius 1 is 1.06 bits per heavy atom. The molecule has 2 rings (SSSR count). The third-order valence-electron chi connectivity index (χ3n) is 5.83. The van der Waals surface area contributed by atoms with Gasteiger partial charge in [-0.1, -0.05) is 46.0 Å². The first kappa shape index (κ1) is 14.3. The predicted molar refractivity (Wildman–Crippen MR) is 76.3 cm³/mol. The van der Waals surface area contributed by atoms with Crippen molar-refractivity contribution in [2.45, 2.75) is 77.2 Å². The molecule has 0 heterocycles. The summed E-state index contributed by atoms with van der Waals surface area (Å²) in [7, 11) is 0. The van der Waals surface area contributed by atoms with Crippen molar-refractivity contribution in [2.75, 3.05) is 6.54 Å². The van der Waals surface area contributed by atoms with Crippen LogP contribution in [-0.4, -0.2) is 17.3 Å². The molecule has 0 aromatic rings. The van der Waals surface area contributed by atoms with Crippen molar-refractivity contribution >= 4 is 0 Å². The second-order valence-corrected chi connectivity index (χ2v) is 7.20. The van der Waals surface area contributed by atoms with Gasteiger partial charge in [0.1, 0.15) is 0 Å². The third-order valence-corrected chi connectivity index (χ3v) is 5.83. The predicted octanol–water partition coefficient (Wildman–Crippen LogP) is 3.47. The van der Waals surface area contributed by atoms with E-state index in [1.165, 1.54) is 32.1 Å². The Balaban J connectivity index is 2.06. The number of aliphatic hydroxyl groups is 1. The first-order valence-corrected chi connectivity index (χ1v) is 7.95. The van der Waals surface area contributed by atoms with Crippen LogP contribution < -0.4 is 5.73 Å². The van der Waals surface area contributed by atoms with E-state index in [0.29, 0.717) is 18.4 Å². The highest BCUT2D eigenvalue weighted by molar-refractivity contribution is 5.08. The van der Waals surface area contributed by atoms with E-state index in [2.05, 4.69) is 13.8 Å². The van der Waals surface area contributed by atoms with Crippen molar-refractivity contribution in [1.29, 1.82) is 0 Å². The molecule has 0 amide bonds. The Hall–Kier alpha value is -0.0800. The Morgan fingerprint density at radius 2 is 1.56 bits per heavy atom. The molecular weight excluding hydrogens is 222 g/mol. The summed E-state index contributed by atoms with van der Waals surface area (Å²) in [5.41, 5.74) is 5.69. The second kappa shape index (κ2) is 5.50. The SMILES string of the molecule is CC(C)C1CC(O)(C2(CN)CCCCCCC2)C1. The summed E-state index contributed by atoms with van der Waals surface area (Å²) in [5, 5.41) is 11.0. The molecule has 0 aromatic heterocycles. The lowest BCUT2D eigenvalue weighted by Crippen LogP contribution is -2.61. The van der Waals surface area contributed by atoms with Crippen LogP contribution in [-0.2, 0) is 0 Å². The molecule has 106 valence electrons. The van der Waals surface area contributed by atoms with Crippen LogP contribution >= 0.6 is 0 Å². The van der Waals surface area contributed by atoms with Gasteiger partial charge in [-0.2, -0.15) is 0 Å². The number of hydrogen-bond donors (Lipinski definition) is 2. The lowest BCUT2D eigenvalue weighted by Gasteiger charge is -2.57. The fourth-order valence-electron chi connectivity index (χ4n) is 4.15. The lowest BCUT2D eigenvalue weighted by molar-refractivity contribution is -0.180. The first-order chi connectivity index (χ1) is 8.53. The van der Waals surface area contributed by atoms with Gasteiger partial charge in [-0.05, 0) is 37.5 Å². The Morgan fingerprint density at radius 3 is 2.00 bits per heavy atom. The average molecular weight is 253 g/mol. The lowest BCUT2D eigenvalue weighted by atomic mass is 9.52. The topological polar surface area (TPSA) is 46.2 Å². The molecule has 2 heteroatoms. The van der Waals surface area contributed by atoms with Gasteiger partial charge in [0.05, 0.1) is 5.60 Å². The van der Waals surface area contributed by atoms with Gasteiger partial charge in [0.15, 0.2) is 0 Å². The summed E-state index contributed by atoms with van der Waals surface area (Å²) in [6, 6.07) is 0. The fraction of sp³-hybridized carbons (Fsp3) is 1.00. The molecule has 0 unspecified atom stereocenters. The molecule has 0 atom stereocenters. The molecule has 0 aromatic carbocycles. The Bertz CT molecular complexity index is 260. The average Bonchev–Trinajstić information content (AvgIpc) is 2.25. The van der Waals surface area contributed by atoms with Crippen molar-refractivity contribution in [1.82, 2.24) is 0 Å². The largest absolute Gasteiger partial charge is 0.389 e. The highest BCUT2D eigenvalue weighted by atomic mass is 16.3. The molecular formula is C16H31NO. The summed E-state index contributed by atoms with van der Waals surface area (Å²) in [4.78, 5) is 0. The third kappa shape index (κ3) is 2.46. The standard InChI is InChI=1S/C16H31NO/c1-13(2)14-10-16(18,11-14)15(12-17)8-6-4-3-5-7-9-15/h13-14,18H,3-12,17H2,1-2H3. The maximum atomic E-state index is 11.0.